The molecule has 2 nitrogen and oxygen atoms in total. The summed E-state index contributed by atoms with van der Waals surface area (Å²) in [5.41, 5.74) is 1.62. The van der Waals surface area contributed by atoms with Crippen LogP contribution in [0, 0.1) is 0 Å². The van der Waals surface area contributed by atoms with Gasteiger partial charge in [-0.05, 0) is 37.1 Å². The zero-order valence-electron chi connectivity index (χ0n) is 12.1. The highest BCUT2D eigenvalue weighted by atomic mass is 16.3. The summed E-state index contributed by atoms with van der Waals surface area (Å²) >= 11 is 0. The molecule has 3 rings (SSSR count). The van der Waals surface area contributed by atoms with Crippen molar-refractivity contribution in [3.63, 3.8) is 0 Å². The molecular weight excluding hydrogens is 246 g/mol. The Morgan fingerprint density at radius 1 is 1.10 bits per heavy atom. The molecule has 1 unspecified atom stereocenters. The Labute approximate surface area is 121 Å². The van der Waals surface area contributed by atoms with E-state index >= 15 is 0 Å². The van der Waals surface area contributed by atoms with Crippen molar-refractivity contribution in [1.29, 1.82) is 0 Å². The lowest BCUT2D eigenvalue weighted by Gasteiger charge is -2.37. The van der Waals surface area contributed by atoms with Gasteiger partial charge in [-0.25, -0.2) is 0 Å². The lowest BCUT2D eigenvalue weighted by molar-refractivity contribution is 0.265. The van der Waals surface area contributed by atoms with E-state index in [2.05, 4.69) is 48.6 Å². The van der Waals surface area contributed by atoms with Crippen molar-refractivity contribution in [3.8, 4) is 0 Å². The Balaban J connectivity index is 2.04. The average molecular weight is 269 g/mol. The minimum atomic E-state index is 0.176. The Hall–Kier alpha value is -1.54. The molecule has 1 aromatic heterocycles. The number of benzene rings is 1. The molecule has 0 spiro atoms. The molecule has 1 fully saturated rings. The molecule has 1 saturated carbocycles. The molecule has 1 atom stereocenters. The molecular formula is C18H23NO. The van der Waals surface area contributed by atoms with E-state index in [4.69, 9.17) is 4.42 Å². The van der Waals surface area contributed by atoms with Gasteiger partial charge >= 0.3 is 0 Å². The molecule has 1 aliphatic carbocycles. The predicted octanol–water partition coefficient (Wildman–Crippen LogP) is 4.44. The third-order valence-electron chi connectivity index (χ3n) is 4.63. The molecule has 106 valence electrons. The van der Waals surface area contributed by atoms with Crippen LogP contribution in [0.2, 0.25) is 0 Å². The quantitative estimate of drug-likeness (QED) is 0.868. The van der Waals surface area contributed by atoms with E-state index in [1.54, 1.807) is 6.26 Å². The van der Waals surface area contributed by atoms with Crippen molar-refractivity contribution in [2.24, 2.45) is 0 Å². The smallest absolute Gasteiger partial charge is 0.121 e. The van der Waals surface area contributed by atoms with Crippen LogP contribution < -0.4 is 5.32 Å². The Morgan fingerprint density at radius 2 is 1.85 bits per heavy atom. The number of furan rings is 1. The van der Waals surface area contributed by atoms with Crippen molar-refractivity contribution in [2.75, 3.05) is 6.54 Å². The van der Waals surface area contributed by atoms with Gasteiger partial charge in [0.05, 0.1) is 12.3 Å². The monoisotopic (exact) mass is 269 g/mol. The minimum absolute atomic E-state index is 0.176. The fourth-order valence-corrected chi connectivity index (χ4v) is 3.75. The van der Waals surface area contributed by atoms with Gasteiger partial charge in [-0.15, -0.1) is 0 Å². The second-order valence-corrected chi connectivity index (χ2v) is 5.74. The first-order valence-electron chi connectivity index (χ1n) is 7.69. The number of rotatable bonds is 5. The van der Waals surface area contributed by atoms with Crippen molar-refractivity contribution in [1.82, 2.24) is 5.32 Å². The van der Waals surface area contributed by atoms with Crippen LogP contribution in [0.25, 0.3) is 0 Å². The lowest BCUT2D eigenvalue weighted by atomic mass is 9.71. The molecule has 0 aliphatic heterocycles. The molecule has 0 radical (unpaired) electrons. The van der Waals surface area contributed by atoms with Gasteiger partial charge in [0.15, 0.2) is 0 Å². The normalized spacial score (nSPS) is 19.1. The summed E-state index contributed by atoms with van der Waals surface area (Å²) in [5, 5.41) is 3.67. The third-order valence-corrected chi connectivity index (χ3v) is 4.63. The molecule has 0 bridgehead atoms. The van der Waals surface area contributed by atoms with Crippen molar-refractivity contribution in [3.05, 3.63) is 60.1 Å². The molecule has 0 saturated heterocycles. The van der Waals surface area contributed by atoms with Crippen molar-refractivity contribution < 1.29 is 4.42 Å². The topological polar surface area (TPSA) is 25.2 Å². The predicted molar refractivity (Wildman–Crippen MR) is 81.7 cm³/mol. The molecule has 1 N–H and O–H groups in total. The summed E-state index contributed by atoms with van der Waals surface area (Å²) in [5.74, 6) is 1.07. The Morgan fingerprint density at radius 3 is 2.45 bits per heavy atom. The average Bonchev–Trinajstić information content (AvgIpc) is 3.18. The van der Waals surface area contributed by atoms with Gasteiger partial charge in [-0.1, -0.05) is 50.1 Å². The second kappa shape index (κ2) is 5.84. The summed E-state index contributed by atoms with van der Waals surface area (Å²) in [6.45, 7) is 3.13. The lowest BCUT2D eigenvalue weighted by Crippen LogP contribution is -2.39. The maximum absolute atomic E-state index is 5.74. The van der Waals surface area contributed by atoms with E-state index in [-0.39, 0.29) is 11.5 Å². The highest BCUT2D eigenvalue weighted by Crippen LogP contribution is 2.49. The minimum Gasteiger partial charge on any atom is -0.468 e. The zero-order chi connectivity index (χ0) is 13.8. The SMILES string of the molecule is CCNC(c1ccco1)C1(c2ccccc2)CCCC1. The van der Waals surface area contributed by atoms with Gasteiger partial charge in [-0.3, -0.25) is 0 Å². The van der Waals surface area contributed by atoms with Crippen LogP contribution >= 0.6 is 0 Å². The van der Waals surface area contributed by atoms with Crippen LogP contribution in [0.15, 0.2) is 53.1 Å². The van der Waals surface area contributed by atoms with Crippen LogP contribution in [0.5, 0.6) is 0 Å². The Bertz CT molecular complexity index is 512. The summed E-state index contributed by atoms with van der Waals surface area (Å²) in [6, 6.07) is 15.3. The first kappa shape index (κ1) is 13.4. The molecule has 20 heavy (non-hydrogen) atoms. The van der Waals surface area contributed by atoms with Gasteiger partial charge < -0.3 is 9.73 Å². The zero-order valence-corrected chi connectivity index (χ0v) is 12.1. The number of hydrogen-bond acceptors (Lipinski definition) is 2. The standard InChI is InChI=1S/C18H23NO/c1-2-19-17(16-11-8-14-20-16)18(12-6-7-13-18)15-9-4-3-5-10-15/h3-5,8-11,14,17,19H,2,6-7,12-13H2,1H3. The second-order valence-electron chi connectivity index (χ2n) is 5.74. The first-order chi connectivity index (χ1) is 9.87. The maximum atomic E-state index is 5.74. The van der Waals surface area contributed by atoms with Gasteiger partial charge in [0, 0.05) is 5.41 Å². The van der Waals surface area contributed by atoms with Crippen LogP contribution in [0.3, 0.4) is 0 Å². The summed E-state index contributed by atoms with van der Waals surface area (Å²) in [6.07, 6.45) is 6.85. The maximum Gasteiger partial charge on any atom is 0.121 e. The van der Waals surface area contributed by atoms with E-state index in [9.17, 15) is 0 Å². The fraction of sp³-hybridized carbons (Fsp3) is 0.444. The summed E-state index contributed by atoms with van der Waals surface area (Å²) < 4.78 is 5.74. The Kier molecular flexibility index (Phi) is 3.93. The highest BCUT2D eigenvalue weighted by Gasteiger charge is 2.44. The summed E-state index contributed by atoms with van der Waals surface area (Å²) in [7, 11) is 0. The molecule has 1 aliphatic rings. The van der Waals surface area contributed by atoms with Crippen molar-refractivity contribution >= 4 is 0 Å². The number of hydrogen-bond donors (Lipinski definition) is 1. The number of likely N-dealkylation sites (N-methyl/N-ethyl adjacent to an activating group) is 1. The molecule has 1 heterocycles. The number of nitrogens with one attached hydrogen (secondary N) is 1. The van der Waals surface area contributed by atoms with Crippen LogP contribution in [0.1, 0.15) is 50.0 Å². The third kappa shape index (κ3) is 2.29. The van der Waals surface area contributed by atoms with E-state index in [0.29, 0.717) is 0 Å². The van der Waals surface area contributed by atoms with Crippen LogP contribution in [-0.4, -0.2) is 6.54 Å². The molecule has 0 amide bonds. The van der Waals surface area contributed by atoms with Gasteiger partial charge in [0.25, 0.3) is 0 Å². The molecule has 2 heteroatoms. The van der Waals surface area contributed by atoms with E-state index in [1.807, 2.05) is 6.07 Å². The van der Waals surface area contributed by atoms with E-state index in [1.165, 1.54) is 31.2 Å². The van der Waals surface area contributed by atoms with Crippen molar-refractivity contribution in [2.45, 2.75) is 44.1 Å². The summed E-state index contributed by atoms with van der Waals surface area (Å²) in [4.78, 5) is 0. The van der Waals surface area contributed by atoms with Crippen LogP contribution in [-0.2, 0) is 5.41 Å². The molecule has 1 aromatic carbocycles. The highest BCUT2D eigenvalue weighted by molar-refractivity contribution is 5.31. The fourth-order valence-electron chi connectivity index (χ4n) is 3.75. The largest absolute Gasteiger partial charge is 0.468 e. The first-order valence-corrected chi connectivity index (χ1v) is 7.69. The van der Waals surface area contributed by atoms with Gasteiger partial charge in [0.2, 0.25) is 0 Å². The van der Waals surface area contributed by atoms with Gasteiger partial charge in [-0.2, -0.15) is 0 Å². The van der Waals surface area contributed by atoms with E-state index < -0.39 is 0 Å². The molecule has 2 aromatic rings. The van der Waals surface area contributed by atoms with Crippen LogP contribution in [0.4, 0.5) is 0 Å². The van der Waals surface area contributed by atoms with Gasteiger partial charge in [0.1, 0.15) is 5.76 Å². The van der Waals surface area contributed by atoms with E-state index in [0.717, 1.165) is 12.3 Å².